The smallest absolute Gasteiger partial charge is 0.263 e. The number of anilines is 1. The Balaban J connectivity index is 1.68. The van der Waals surface area contributed by atoms with Gasteiger partial charge in [-0.1, -0.05) is 24.3 Å². The zero-order chi connectivity index (χ0) is 22.9. The number of hydrogen-bond acceptors (Lipinski definition) is 7. The van der Waals surface area contributed by atoms with Gasteiger partial charge in [-0.3, -0.25) is 4.79 Å². The van der Waals surface area contributed by atoms with Gasteiger partial charge in [-0.05, 0) is 31.5 Å². The van der Waals surface area contributed by atoms with Gasteiger partial charge in [0.25, 0.3) is 6.43 Å². The van der Waals surface area contributed by atoms with Crippen LogP contribution in [0.5, 0.6) is 5.88 Å². The lowest BCUT2D eigenvalue weighted by atomic mass is 10.2. The van der Waals surface area contributed by atoms with Crippen molar-refractivity contribution in [2.45, 2.75) is 33.3 Å². The second-order valence-corrected chi connectivity index (χ2v) is 7.00. The fourth-order valence-corrected chi connectivity index (χ4v) is 3.08. The van der Waals surface area contributed by atoms with Gasteiger partial charge < -0.3 is 15.0 Å². The summed E-state index contributed by atoms with van der Waals surface area (Å²) in [5.74, 6) is 1.02. The average molecular weight is 445 g/mol. The second kappa shape index (κ2) is 11.1. The standard InChI is InChI=1S/C21H25F2N7O2/c1-3-11-29(12-10-24-14-31)19-8-9-20(27-26-19)32-13-18-15(2)25-28-30(18)17-6-4-16(5-7-17)21(22)23/h4-9,14,21H,3,10-13H2,1-2H3,(H,24,31). The molecule has 0 fully saturated rings. The quantitative estimate of drug-likeness (QED) is 0.338. The Bertz CT molecular complexity index is 994. The minimum Gasteiger partial charge on any atom is -0.470 e. The van der Waals surface area contributed by atoms with Crippen LogP contribution in [0.2, 0.25) is 0 Å². The molecule has 0 aliphatic heterocycles. The molecule has 0 spiro atoms. The molecule has 0 aliphatic rings. The maximum atomic E-state index is 12.8. The normalized spacial score (nSPS) is 10.9. The van der Waals surface area contributed by atoms with E-state index in [1.807, 2.05) is 11.0 Å². The molecule has 0 unspecified atom stereocenters. The number of alkyl halides is 2. The molecule has 0 bridgehead atoms. The molecule has 1 aromatic carbocycles. The second-order valence-electron chi connectivity index (χ2n) is 7.00. The van der Waals surface area contributed by atoms with Gasteiger partial charge in [0.15, 0.2) is 5.82 Å². The minimum absolute atomic E-state index is 0.0576. The topological polar surface area (TPSA) is 98.1 Å². The van der Waals surface area contributed by atoms with Crippen LogP contribution in [-0.4, -0.2) is 51.2 Å². The van der Waals surface area contributed by atoms with Crippen molar-refractivity contribution in [2.75, 3.05) is 24.5 Å². The molecule has 0 saturated heterocycles. The molecule has 1 N–H and O–H groups in total. The third-order valence-corrected chi connectivity index (χ3v) is 4.76. The van der Waals surface area contributed by atoms with Crippen LogP contribution < -0.4 is 15.0 Å². The van der Waals surface area contributed by atoms with E-state index in [2.05, 4.69) is 32.7 Å². The highest BCUT2D eigenvalue weighted by Gasteiger charge is 2.14. The van der Waals surface area contributed by atoms with E-state index in [0.717, 1.165) is 13.0 Å². The van der Waals surface area contributed by atoms with E-state index in [9.17, 15) is 13.6 Å². The number of nitrogens with one attached hydrogen (secondary N) is 1. The van der Waals surface area contributed by atoms with Gasteiger partial charge >= 0.3 is 0 Å². The number of carbonyl (C=O) groups is 1. The number of aromatic nitrogens is 5. The number of aryl methyl sites for hydroxylation is 1. The summed E-state index contributed by atoms with van der Waals surface area (Å²) in [5.41, 5.74) is 1.88. The van der Waals surface area contributed by atoms with Crippen molar-refractivity contribution in [3.8, 4) is 11.6 Å². The summed E-state index contributed by atoms with van der Waals surface area (Å²) in [6.45, 7) is 5.90. The van der Waals surface area contributed by atoms with Gasteiger partial charge in [0.2, 0.25) is 12.3 Å². The van der Waals surface area contributed by atoms with Gasteiger partial charge in [-0.15, -0.1) is 15.3 Å². The highest BCUT2D eigenvalue weighted by Crippen LogP contribution is 2.21. The van der Waals surface area contributed by atoms with Crippen LogP contribution in [0.15, 0.2) is 36.4 Å². The molecule has 1 amide bonds. The average Bonchev–Trinajstić information content (AvgIpc) is 3.18. The lowest BCUT2D eigenvalue weighted by Gasteiger charge is -2.22. The van der Waals surface area contributed by atoms with E-state index in [1.165, 1.54) is 12.1 Å². The third kappa shape index (κ3) is 5.74. The lowest BCUT2D eigenvalue weighted by molar-refractivity contribution is -0.109. The summed E-state index contributed by atoms with van der Waals surface area (Å²) >= 11 is 0. The van der Waals surface area contributed by atoms with Gasteiger partial charge in [0.05, 0.1) is 11.4 Å². The van der Waals surface area contributed by atoms with E-state index in [-0.39, 0.29) is 12.2 Å². The van der Waals surface area contributed by atoms with Crippen molar-refractivity contribution in [3.63, 3.8) is 0 Å². The number of benzene rings is 1. The molecule has 9 nitrogen and oxygen atoms in total. The van der Waals surface area contributed by atoms with E-state index in [4.69, 9.17) is 4.74 Å². The molecule has 3 aromatic rings. The molecule has 3 rings (SSSR count). The largest absolute Gasteiger partial charge is 0.470 e. The van der Waals surface area contributed by atoms with Crippen molar-refractivity contribution in [1.82, 2.24) is 30.5 Å². The van der Waals surface area contributed by atoms with Crippen LogP contribution >= 0.6 is 0 Å². The lowest BCUT2D eigenvalue weighted by Crippen LogP contribution is -2.33. The van der Waals surface area contributed by atoms with Gasteiger partial charge in [0.1, 0.15) is 12.3 Å². The van der Waals surface area contributed by atoms with Crippen LogP contribution in [-0.2, 0) is 11.4 Å². The van der Waals surface area contributed by atoms with Crippen molar-refractivity contribution in [3.05, 3.63) is 53.3 Å². The number of ether oxygens (including phenoxy) is 1. The Labute approximate surface area is 184 Å². The van der Waals surface area contributed by atoms with Gasteiger partial charge in [-0.25, -0.2) is 13.5 Å². The van der Waals surface area contributed by atoms with E-state index >= 15 is 0 Å². The molecule has 0 radical (unpaired) electrons. The molecular formula is C21H25F2N7O2. The first-order chi connectivity index (χ1) is 15.5. The molecule has 170 valence electrons. The Morgan fingerprint density at radius 3 is 2.53 bits per heavy atom. The summed E-state index contributed by atoms with van der Waals surface area (Å²) in [5, 5.41) is 19.2. The van der Waals surface area contributed by atoms with E-state index in [1.54, 1.807) is 29.8 Å². The third-order valence-electron chi connectivity index (χ3n) is 4.76. The van der Waals surface area contributed by atoms with Crippen molar-refractivity contribution in [2.24, 2.45) is 0 Å². The molecule has 2 aromatic heterocycles. The molecule has 0 atom stereocenters. The summed E-state index contributed by atoms with van der Waals surface area (Å²) in [7, 11) is 0. The molecule has 32 heavy (non-hydrogen) atoms. The number of halogens is 2. The predicted molar refractivity (Wildman–Crippen MR) is 114 cm³/mol. The number of amides is 1. The summed E-state index contributed by atoms with van der Waals surface area (Å²) < 4.78 is 32.9. The zero-order valence-corrected chi connectivity index (χ0v) is 17.9. The minimum atomic E-state index is -2.53. The van der Waals surface area contributed by atoms with Crippen molar-refractivity contribution in [1.29, 1.82) is 0 Å². The number of rotatable bonds is 12. The van der Waals surface area contributed by atoms with Crippen LogP contribution in [0.4, 0.5) is 14.6 Å². The summed E-state index contributed by atoms with van der Waals surface area (Å²) in [6, 6.07) is 9.38. The van der Waals surface area contributed by atoms with Crippen LogP contribution in [0.25, 0.3) is 5.69 Å². The first-order valence-electron chi connectivity index (χ1n) is 10.2. The fraction of sp³-hybridized carbons (Fsp3) is 0.381. The number of carbonyl (C=O) groups excluding carboxylic acids is 1. The maximum Gasteiger partial charge on any atom is 0.263 e. The number of hydrogen-bond donors (Lipinski definition) is 1. The molecular weight excluding hydrogens is 420 g/mol. The van der Waals surface area contributed by atoms with E-state index < -0.39 is 6.43 Å². The van der Waals surface area contributed by atoms with Gasteiger partial charge in [-0.2, -0.15) is 0 Å². The monoisotopic (exact) mass is 445 g/mol. The molecule has 0 saturated carbocycles. The Hall–Kier alpha value is -3.63. The van der Waals surface area contributed by atoms with Crippen LogP contribution in [0.1, 0.15) is 36.7 Å². The first-order valence-corrected chi connectivity index (χ1v) is 10.2. The maximum absolute atomic E-state index is 12.8. The van der Waals surface area contributed by atoms with Crippen LogP contribution in [0.3, 0.4) is 0 Å². The Morgan fingerprint density at radius 2 is 1.91 bits per heavy atom. The summed E-state index contributed by atoms with van der Waals surface area (Å²) in [4.78, 5) is 12.5. The fourth-order valence-electron chi connectivity index (χ4n) is 3.08. The zero-order valence-electron chi connectivity index (χ0n) is 17.9. The van der Waals surface area contributed by atoms with E-state index in [0.29, 0.717) is 48.3 Å². The Morgan fingerprint density at radius 1 is 1.12 bits per heavy atom. The molecule has 11 heteroatoms. The van der Waals surface area contributed by atoms with Crippen LogP contribution in [0, 0.1) is 6.92 Å². The van der Waals surface area contributed by atoms with Crippen molar-refractivity contribution >= 4 is 12.2 Å². The van der Waals surface area contributed by atoms with Crippen molar-refractivity contribution < 1.29 is 18.3 Å². The highest BCUT2D eigenvalue weighted by atomic mass is 19.3. The number of nitrogens with zero attached hydrogens (tertiary/aromatic N) is 6. The Kier molecular flexibility index (Phi) is 8.01. The predicted octanol–water partition coefficient (Wildman–Crippen LogP) is 2.84. The molecule has 2 heterocycles. The first kappa shape index (κ1) is 23.0. The summed E-state index contributed by atoms with van der Waals surface area (Å²) in [6.07, 6.45) is -0.933. The molecule has 0 aliphatic carbocycles. The SMILES string of the molecule is CCCN(CCNC=O)c1ccc(OCc2c(C)nnn2-c2ccc(C(F)F)cc2)nn1. The van der Waals surface area contributed by atoms with Gasteiger partial charge in [0, 0.05) is 31.3 Å². The highest BCUT2D eigenvalue weighted by molar-refractivity contribution is 5.46.